The molecule has 1 heterocycles. The van der Waals surface area contributed by atoms with Gasteiger partial charge >= 0.3 is 0 Å². The van der Waals surface area contributed by atoms with E-state index in [0.717, 1.165) is 40.2 Å². The lowest BCUT2D eigenvalue weighted by molar-refractivity contribution is 0.536. The molecular weight excluding hydrogens is 292 g/mol. The minimum atomic E-state index is -0.729. The first-order valence-electron chi connectivity index (χ1n) is 6.63. The third kappa shape index (κ3) is 4.01. The Bertz CT molecular complexity index is 618. The van der Waals surface area contributed by atoms with Crippen molar-refractivity contribution in [2.24, 2.45) is 0 Å². The molecule has 2 aromatic rings. The fraction of sp³-hybridized carbons (Fsp3) is 0.400. The summed E-state index contributed by atoms with van der Waals surface area (Å²) in [7, 11) is -0.729. The van der Waals surface area contributed by atoms with Crippen LogP contribution in [0.2, 0.25) is 5.02 Å². The molecule has 2 rings (SSSR count). The Morgan fingerprint density at radius 1 is 1.40 bits per heavy atom. The molecule has 2 unspecified atom stereocenters. The molecule has 0 bridgehead atoms. The molecule has 5 heteroatoms. The van der Waals surface area contributed by atoms with Gasteiger partial charge in [-0.15, -0.1) is 0 Å². The zero-order valence-corrected chi connectivity index (χ0v) is 13.3. The fourth-order valence-electron chi connectivity index (χ4n) is 2.07. The summed E-state index contributed by atoms with van der Waals surface area (Å²) >= 11 is 6.18. The van der Waals surface area contributed by atoms with Crippen LogP contribution in [-0.2, 0) is 17.3 Å². The van der Waals surface area contributed by atoms with Crippen LogP contribution in [0.3, 0.4) is 0 Å². The van der Waals surface area contributed by atoms with Crippen molar-refractivity contribution in [1.82, 2.24) is 10.3 Å². The highest BCUT2D eigenvalue weighted by Gasteiger charge is 2.07. The maximum absolute atomic E-state index is 11.1. The van der Waals surface area contributed by atoms with E-state index in [-0.39, 0.29) is 0 Å². The van der Waals surface area contributed by atoms with E-state index < -0.39 is 10.8 Å². The molecule has 2 atom stereocenters. The number of aromatic nitrogens is 1. The van der Waals surface area contributed by atoms with E-state index in [9.17, 15) is 4.21 Å². The second-order valence-electron chi connectivity index (χ2n) is 4.95. The number of nitrogens with zero attached hydrogens (tertiary/aromatic N) is 1. The SMILES string of the molecule is CC(CCS(C)=O)NCc1ccc(Cl)c2cccnc12. The third-order valence-corrected chi connectivity index (χ3v) is 4.42. The lowest BCUT2D eigenvalue weighted by atomic mass is 10.1. The van der Waals surface area contributed by atoms with E-state index in [0.29, 0.717) is 6.04 Å². The summed E-state index contributed by atoms with van der Waals surface area (Å²) in [4.78, 5) is 4.42. The van der Waals surface area contributed by atoms with Crippen LogP contribution < -0.4 is 5.32 Å². The van der Waals surface area contributed by atoms with Gasteiger partial charge in [0.25, 0.3) is 0 Å². The lowest BCUT2D eigenvalue weighted by Gasteiger charge is -2.14. The van der Waals surface area contributed by atoms with Crippen molar-refractivity contribution in [3.05, 3.63) is 41.0 Å². The molecule has 20 heavy (non-hydrogen) atoms. The number of halogens is 1. The molecule has 0 spiro atoms. The van der Waals surface area contributed by atoms with Crippen LogP contribution >= 0.6 is 11.6 Å². The first kappa shape index (κ1) is 15.4. The van der Waals surface area contributed by atoms with Gasteiger partial charge in [-0.2, -0.15) is 0 Å². The standard InChI is InChI=1S/C15H19ClN2OS/c1-11(7-9-20(2)19)18-10-12-5-6-14(16)13-4-3-8-17-15(12)13/h3-6,8,11,18H,7,9-10H2,1-2H3. The molecular formula is C15H19ClN2OS. The van der Waals surface area contributed by atoms with Gasteiger partial charge in [-0.3, -0.25) is 9.19 Å². The van der Waals surface area contributed by atoms with Gasteiger partial charge in [-0.05, 0) is 37.1 Å². The van der Waals surface area contributed by atoms with Gasteiger partial charge in [0.1, 0.15) is 0 Å². The van der Waals surface area contributed by atoms with Crippen LogP contribution in [0.4, 0.5) is 0 Å². The zero-order chi connectivity index (χ0) is 14.5. The summed E-state index contributed by atoms with van der Waals surface area (Å²) in [5.41, 5.74) is 2.08. The topological polar surface area (TPSA) is 42.0 Å². The highest BCUT2D eigenvalue weighted by molar-refractivity contribution is 7.84. The van der Waals surface area contributed by atoms with Crippen molar-refractivity contribution in [2.45, 2.75) is 25.9 Å². The predicted octanol–water partition coefficient (Wildman–Crippen LogP) is 3.13. The van der Waals surface area contributed by atoms with Crippen LogP contribution in [-0.4, -0.2) is 27.2 Å². The van der Waals surface area contributed by atoms with E-state index in [4.69, 9.17) is 11.6 Å². The molecule has 0 aliphatic heterocycles. The number of hydrogen-bond acceptors (Lipinski definition) is 3. The van der Waals surface area contributed by atoms with Crippen molar-refractivity contribution in [1.29, 1.82) is 0 Å². The maximum Gasteiger partial charge on any atom is 0.0761 e. The number of nitrogens with one attached hydrogen (secondary N) is 1. The Labute approximate surface area is 127 Å². The molecule has 1 N–H and O–H groups in total. The summed E-state index contributed by atoms with van der Waals surface area (Å²) in [6.07, 6.45) is 4.43. The van der Waals surface area contributed by atoms with Gasteiger partial charge in [0.05, 0.1) is 5.52 Å². The molecule has 1 aromatic heterocycles. The van der Waals surface area contributed by atoms with Gasteiger partial charge in [0.2, 0.25) is 0 Å². The number of fused-ring (bicyclic) bond motifs is 1. The first-order valence-corrected chi connectivity index (χ1v) is 8.74. The van der Waals surface area contributed by atoms with E-state index >= 15 is 0 Å². The highest BCUT2D eigenvalue weighted by atomic mass is 35.5. The number of benzene rings is 1. The highest BCUT2D eigenvalue weighted by Crippen LogP contribution is 2.24. The van der Waals surface area contributed by atoms with Crippen LogP contribution in [0.15, 0.2) is 30.5 Å². The normalized spacial score (nSPS) is 14.3. The lowest BCUT2D eigenvalue weighted by Crippen LogP contribution is -2.27. The first-order chi connectivity index (χ1) is 9.58. The Hall–Kier alpha value is -0.970. The molecule has 0 radical (unpaired) electrons. The van der Waals surface area contributed by atoms with E-state index in [2.05, 4.69) is 17.2 Å². The van der Waals surface area contributed by atoms with Crippen LogP contribution in [0.5, 0.6) is 0 Å². The Kier molecular flexibility index (Phi) is 5.52. The largest absolute Gasteiger partial charge is 0.310 e. The van der Waals surface area contributed by atoms with Gasteiger partial charge in [0.15, 0.2) is 0 Å². The summed E-state index contributed by atoms with van der Waals surface area (Å²) < 4.78 is 11.1. The van der Waals surface area contributed by atoms with Crippen molar-refractivity contribution in [2.75, 3.05) is 12.0 Å². The van der Waals surface area contributed by atoms with Crippen molar-refractivity contribution < 1.29 is 4.21 Å². The molecule has 0 aliphatic carbocycles. The molecule has 1 aromatic carbocycles. The predicted molar refractivity (Wildman–Crippen MR) is 86.6 cm³/mol. The quantitative estimate of drug-likeness (QED) is 0.891. The van der Waals surface area contributed by atoms with Gasteiger partial charge in [0, 0.05) is 52.0 Å². The average molecular weight is 311 g/mol. The van der Waals surface area contributed by atoms with Gasteiger partial charge in [-0.1, -0.05) is 17.7 Å². The Morgan fingerprint density at radius 3 is 2.95 bits per heavy atom. The van der Waals surface area contributed by atoms with Crippen molar-refractivity contribution in [3.8, 4) is 0 Å². The van der Waals surface area contributed by atoms with Crippen LogP contribution in [0.1, 0.15) is 18.9 Å². The molecule has 108 valence electrons. The number of rotatable bonds is 6. The van der Waals surface area contributed by atoms with E-state index in [1.54, 1.807) is 12.5 Å². The van der Waals surface area contributed by atoms with Crippen molar-refractivity contribution >= 4 is 33.3 Å². The summed E-state index contributed by atoms with van der Waals surface area (Å²) in [5.74, 6) is 0.730. The zero-order valence-electron chi connectivity index (χ0n) is 11.7. The van der Waals surface area contributed by atoms with Crippen LogP contribution in [0.25, 0.3) is 10.9 Å². The van der Waals surface area contributed by atoms with Gasteiger partial charge < -0.3 is 5.32 Å². The fourth-order valence-corrected chi connectivity index (χ4v) is 2.97. The monoisotopic (exact) mass is 310 g/mol. The number of hydrogen-bond donors (Lipinski definition) is 1. The number of pyridine rings is 1. The second-order valence-corrected chi connectivity index (χ2v) is 6.92. The van der Waals surface area contributed by atoms with Gasteiger partial charge in [-0.25, -0.2) is 0 Å². The van der Waals surface area contributed by atoms with E-state index in [1.807, 2.05) is 24.3 Å². The minimum absolute atomic E-state index is 0.327. The van der Waals surface area contributed by atoms with E-state index in [1.165, 1.54) is 0 Å². The summed E-state index contributed by atoms with van der Waals surface area (Å²) in [6, 6.07) is 8.12. The Morgan fingerprint density at radius 2 is 2.20 bits per heavy atom. The summed E-state index contributed by atoms with van der Waals surface area (Å²) in [6.45, 7) is 2.85. The third-order valence-electron chi connectivity index (χ3n) is 3.28. The molecule has 0 amide bonds. The average Bonchev–Trinajstić information content (AvgIpc) is 2.45. The summed E-state index contributed by atoms with van der Waals surface area (Å²) in [5, 5.41) is 5.16. The maximum atomic E-state index is 11.1. The van der Waals surface area contributed by atoms with Crippen molar-refractivity contribution in [3.63, 3.8) is 0 Å². The molecule has 0 saturated carbocycles. The molecule has 0 fully saturated rings. The molecule has 0 saturated heterocycles. The van der Waals surface area contributed by atoms with Crippen LogP contribution in [0, 0.1) is 0 Å². The minimum Gasteiger partial charge on any atom is -0.310 e. The molecule has 0 aliphatic rings. The second kappa shape index (κ2) is 7.16. The molecule has 3 nitrogen and oxygen atoms in total. The smallest absolute Gasteiger partial charge is 0.0761 e. The Balaban J connectivity index is 2.07.